The van der Waals surface area contributed by atoms with Crippen molar-refractivity contribution in [3.63, 3.8) is 0 Å². The summed E-state index contributed by atoms with van der Waals surface area (Å²) in [5, 5.41) is 8.59. The van der Waals surface area contributed by atoms with Crippen molar-refractivity contribution >= 4 is 28.3 Å². The first kappa shape index (κ1) is 19.8. The lowest BCUT2D eigenvalue weighted by molar-refractivity contribution is 0.0777. The first-order valence-electron chi connectivity index (χ1n) is 11.1. The third kappa shape index (κ3) is 3.84. The minimum absolute atomic E-state index is 0.0882. The van der Waals surface area contributed by atoms with Gasteiger partial charge in [0.1, 0.15) is 5.39 Å². The summed E-state index contributed by atoms with van der Waals surface area (Å²) in [6.45, 7) is 8.79. The molecule has 31 heavy (non-hydrogen) atoms. The van der Waals surface area contributed by atoms with E-state index in [-0.39, 0.29) is 16.9 Å². The molecule has 2 aliphatic rings. The van der Waals surface area contributed by atoms with E-state index in [4.69, 9.17) is 5.10 Å². The van der Waals surface area contributed by atoms with Crippen LogP contribution in [0.15, 0.2) is 35.3 Å². The minimum Gasteiger partial charge on any atom is -0.338 e. The number of aryl methyl sites for hydroxylation is 1. The van der Waals surface area contributed by atoms with Crippen LogP contribution in [0.2, 0.25) is 0 Å². The minimum atomic E-state index is -0.151. The summed E-state index contributed by atoms with van der Waals surface area (Å²) in [5.41, 5.74) is 3.33. The number of carbonyl (C=O) groups is 1. The third-order valence-electron chi connectivity index (χ3n) is 6.49. The molecule has 7 nitrogen and oxygen atoms in total. The van der Waals surface area contributed by atoms with E-state index >= 15 is 0 Å². The highest BCUT2D eigenvalue weighted by Crippen LogP contribution is 2.33. The van der Waals surface area contributed by atoms with Crippen molar-refractivity contribution in [1.29, 1.82) is 0 Å². The zero-order chi connectivity index (χ0) is 21.8. The number of aromatic amines is 1. The molecule has 5 rings (SSSR count). The lowest BCUT2D eigenvalue weighted by Gasteiger charge is -2.21. The molecule has 0 radical (unpaired) electrons. The number of pyridine rings is 1. The van der Waals surface area contributed by atoms with Gasteiger partial charge in [0.2, 0.25) is 0 Å². The van der Waals surface area contributed by atoms with E-state index < -0.39 is 0 Å². The van der Waals surface area contributed by atoms with Crippen molar-refractivity contribution in [3.05, 3.63) is 51.9 Å². The van der Waals surface area contributed by atoms with Gasteiger partial charge in [0, 0.05) is 37.1 Å². The molecule has 0 atom stereocenters. The van der Waals surface area contributed by atoms with E-state index in [9.17, 15) is 9.59 Å². The molecular formula is C24H29N5O2. The fourth-order valence-electron chi connectivity index (χ4n) is 4.48. The van der Waals surface area contributed by atoms with Gasteiger partial charge >= 0.3 is 0 Å². The molecular weight excluding hydrogens is 390 g/mol. The molecule has 0 unspecified atom stereocenters. The Kier molecular flexibility index (Phi) is 4.64. The predicted octanol–water partition coefficient (Wildman–Crippen LogP) is 4.06. The van der Waals surface area contributed by atoms with Crippen LogP contribution < -0.4 is 10.9 Å². The van der Waals surface area contributed by atoms with Crippen LogP contribution in [0.1, 0.15) is 49.0 Å². The molecule has 3 heterocycles. The largest absolute Gasteiger partial charge is 0.338 e. The number of hydrogen-bond acceptors (Lipinski definition) is 4. The first-order chi connectivity index (χ1) is 14.8. The van der Waals surface area contributed by atoms with Gasteiger partial charge in [0.15, 0.2) is 5.82 Å². The Morgan fingerprint density at radius 3 is 2.77 bits per heavy atom. The molecule has 1 aliphatic heterocycles. The highest BCUT2D eigenvalue weighted by molar-refractivity contribution is 5.97. The van der Waals surface area contributed by atoms with Gasteiger partial charge in [-0.25, -0.2) is 0 Å². The number of hydrogen-bond donors (Lipinski definition) is 2. The molecule has 1 aromatic carbocycles. The number of carbonyl (C=O) groups excluding carboxylic acids is 1. The fraction of sp³-hybridized carbons (Fsp3) is 0.458. The zero-order valence-corrected chi connectivity index (χ0v) is 18.4. The molecule has 0 bridgehead atoms. The number of benzene rings is 1. The van der Waals surface area contributed by atoms with Crippen LogP contribution in [0, 0.1) is 18.3 Å². The zero-order valence-electron chi connectivity index (χ0n) is 18.4. The van der Waals surface area contributed by atoms with E-state index in [1.165, 1.54) is 12.8 Å². The summed E-state index contributed by atoms with van der Waals surface area (Å²) in [4.78, 5) is 30.2. The van der Waals surface area contributed by atoms with E-state index in [0.29, 0.717) is 17.1 Å². The molecule has 162 valence electrons. The Morgan fingerprint density at radius 1 is 1.29 bits per heavy atom. The average Bonchev–Trinajstić information content (AvgIpc) is 3.36. The summed E-state index contributed by atoms with van der Waals surface area (Å²) >= 11 is 0. The van der Waals surface area contributed by atoms with Gasteiger partial charge in [0.05, 0.1) is 5.52 Å². The van der Waals surface area contributed by atoms with Crippen molar-refractivity contribution in [2.45, 2.75) is 46.6 Å². The quantitative estimate of drug-likeness (QED) is 0.653. The Labute approximate surface area is 181 Å². The summed E-state index contributed by atoms with van der Waals surface area (Å²) in [6.07, 6.45) is 5.14. The van der Waals surface area contributed by atoms with Crippen LogP contribution in [0.25, 0.3) is 10.9 Å². The summed E-state index contributed by atoms with van der Waals surface area (Å²) in [5.74, 6) is 1.29. The molecule has 1 saturated heterocycles. The van der Waals surface area contributed by atoms with Gasteiger partial charge in [-0.2, -0.15) is 5.10 Å². The van der Waals surface area contributed by atoms with Crippen LogP contribution in [0.3, 0.4) is 0 Å². The number of H-pyrrole nitrogens is 1. The van der Waals surface area contributed by atoms with Crippen molar-refractivity contribution in [1.82, 2.24) is 19.7 Å². The van der Waals surface area contributed by atoms with Crippen LogP contribution in [0.4, 0.5) is 11.5 Å². The Morgan fingerprint density at radius 2 is 2.10 bits per heavy atom. The monoisotopic (exact) mass is 419 g/mol. The summed E-state index contributed by atoms with van der Waals surface area (Å²) in [7, 11) is 0. The van der Waals surface area contributed by atoms with Gasteiger partial charge in [-0.05, 0) is 67.3 Å². The highest BCUT2D eigenvalue weighted by atomic mass is 16.2. The van der Waals surface area contributed by atoms with Gasteiger partial charge < -0.3 is 15.2 Å². The number of likely N-dealkylation sites (tertiary alicyclic amines) is 1. The average molecular weight is 420 g/mol. The Bertz CT molecular complexity index is 1220. The number of anilines is 2. The number of nitrogens with one attached hydrogen (secondary N) is 2. The van der Waals surface area contributed by atoms with Crippen LogP contribution in [-0.2, 0) is 6.54 Å². The van der Waals surface area contributed by atoms with Gasteiger partial charge in [-0.15, -0.1) is 0 Å². The maximum Gasteiger partial charge on any atom is 0.261 e. The third-order valence-corrected chi connectivity index (χ3v) is 6.49. The molecule has 1 amide bonds. The maximum atomic E-state index is 13.0. The van der Waals surface area contributed by atoms with Gasteiger partial charge in [-0.3, -0.25) is 14.3 Å². The molecule has 7 heteroatoms. The van der Waals surface area contributed by atoms with Crippen molar-refractivity contribution in [3.8, 4) is 0 Å². The standard InChI is InChI=1S/C24H29N5O2/c1-15-12-17(6-7-18(15)23(31)28-11-9-24(2,3)14-28)26-21-20-19(8-10-25-22(20)30)29(27-21)13-16-4-5-16/h6-8,10,12,16H,4-5,9,11,13-14H2,1-3H3,(H,25,30)(H,26,27). The van der Waals surface area contributed by atoms with Crippen LogP contribution >= 0.6 is 0 Å². The fourth-order valence-corrected chi connectivity index (χ4v) is 4.48. The molecule has 2 N–H and O–H groups in total. The number of amides is 1. The van der Waals surface area contributed by atoms with Gasteiger partial charge in [0.25, 0.3) is 11.5 Å². The number of nitrogens with zero attached hydrogens (tertiary/aromatic N) is 3. The van der Waals surface area contributed by atoms with E-state index in [1.807, 2.05) is 40.8 Å². The molecule has 2 aromatic heterocycles. The molecule has 0 spiro atoms. The topological polar surface area (TPSA) is 83.0 Å². The van der Waals surface area contributed by atoms with Crippen LogP contribution in [-0.4, -0.2) is 38.7 Å². The second-order valence-electron chi connectivity index (χ2n) is 9.84. The second kappa shape index (κ2) is 7.25. The second-order valence-corrected chi connectivity index (χ2v) is 9.84. The molecule has 3 aromatic rings. The van der Waals surface area contributed by atoms with E-state index in [0.717, 1.165) is 48.4 Å². The molecule has 2 fully saturated rings. The Balaban J connectivity index is 1.42. The smallest absolute Gasteiger partial charge is 0.261 e. The molecule has 1 aliphatic carbocycles. The van der Waals surface area contributed by atoms with Crippen molar-refractivity contribution in [2.75, 3.05) is 18.4 Å². The summed E-state index contributed by atoms with van der Waals surface area (Å²) in [6, 6.07) is 7.63. The lowest BCUT2D eigenvalue weighted by Crippen LogP contribution is -2.30. The normalized spacial score (nSPS) is 18.0. The van der Waals surface area contributed by atoms with Gasteiger partial charge in [-0.1, -0.05) is 13.8 Å². The van der Waals surface area contributed by atoms with Crippen molar-refractivity contribution < 1.29 is 4.79 Å². The SMILES string of the molecule is Cc1cc(Nc2nn(CC3CC3)c3cc[nH]c(=O)c23)ccc1C(=O)N1CCC(C)(C)C1. The maximum absolute atomic E-state index is 13.0. The molecule has 1 saturated carbocycles. The highest BCUT2D eigenvalue weighted by Gasteiger charge is 2.33. The number of rotatable bonds is 5. The van der Waals surface area contributed by atoms with Crippen LogP contribution in [0.5, 0.6) is 0 Å². The lowest BCUT2D eigenvalue weighted by atomic mass is 9.93. The Hall–Kier alpha value is -3.09. The number of aromatic nitrogens is 3. The van der Waals surface area contributed by atoms with E-state index in [1.54, 1.807) is 6.20 Å². The summed E-state index contributed by atoms with van der Waals surface area (Å²) < 4.78 is 1.93. The van der Waals surface area contributed by atoms with E-state index in [2.05, 4.69) is 24.1 Å². The van der Waals surface area contributed by atoms with Crippen molar-refractivity contribution in [2.24, 2.45) is 11.3 Å². The predicted molar refractivity (Wildman–Crippen MR) is 122 cm³/mol. The number of fused-ring (bicyclic) bond motifs is 1. The first-order valence-corrected chi connectivity index (χ1v) is 11.1.